The zero-order valence-electron chi connectivity index (χ0n) is 19.8. The minimum absolute atomic E-state index is 0.165. The van der Waals surface area contributed by atoms with E-state index >= 15 is 0 Å². The number of hydrogen-bond donors (Lipinski definition) is 1. The largest absolute Gasteiger partial charge is 0.416 e. The van der Waals surface area contributed by atoms with Crippen molar-refractivity contribution in [2.24, 2.45) is 0 Å². The van der Waals surface area contributed by atoms with Crippen molar-refractivity contribution in [1.82, 2.24) is 9.80 Å². The van der Waals surface area contributed by atoms with Gasteiger partial charge in [0.25, 0.3) is 0 Å². The van der Waals surface area contributed by atoms with E-state index in [1.807, 2.05) is 48.7 Å². The molecule has 3 amide bonds. The molecule has 0 aliphatic rings. The van der Waals surface area contributed by atoms with Crippen molar-refractivity contribution in [2.45, 2.75) is 46.1 Å². The second-order valence-corrected chi connectivity index (χ2v) is 9.49. The fourth-order valence-electron chi connectivity index (χ4n) is 3.45. The first kappa shape index (κ1) is 26.3. The molecule has 3 aromatic rings. The third-order valence-electron chi connectivity index (χ3n) is 5.52. The van der Waals surface area contributed by atoms with Crippen LogP contribution in [0.15, 0.2) is 66.0 Å². The normalized spacial score (nSPS) is 11.4. The molecule has 0 fully saturated rings. The number of anilines is 1. The van der Waals surface area contributed by atoms with Gasteiger partial charge in [0.05, 0.1) is 12.1 Å². The number of nitrogens with one attached hydrogen (secondary N) is 1. The molecule has 0 saturated heterocycles. The minimum Gasteiger partial charge on any atom is -0.332 e. The van der Waals surface area contributed by atoms with E-state index in [9.17, 15) is 22.8 Å². The lowest BCUT2D eigenvalue weighted by atomic mass is 10.2. The summed E-state index contributed by atoms with van der Waals surface area (Å²) in [7, 11) is 0. The molecular weight excluding hydrogens is 475 g/mol. The molecule has 3 rings (SSSR count). The number of carbonyl (C=O) groups excluding carboxylic acids is 2. The molecule has 2 aromatic carbocycles. The van der Waals surface area contributed by atoms with E-state index < -0.39 is 17.8 Å². The summed E-state index contributed by atoms with van der Waals surface area (Å²) in [6.45, 7) is 6.21. The van der Waals surface area contributed by atoms with Crippen molar-refractivity contribution >= 4 is 29.0 Å². The summed E-state index contributed by atoms with van der Waals surface area (Å²) in [6.07, 6.45) is -4.46. The number of aryl methyl sites for hydroxylation is 1. The number of nitrogens with zero attached hydrogens (tertiary/aromatic N) is 2. The summed E-state index contributed by atoms with van der Waals surface area (Å²) in [5.74, 6) is -0.224. The van der Waals surface area contributed by atoms with Crippen LogP contribution in [0.3, 0.4) is 0 Å². The molecule has 0 unspecified atom stereocenters. The predicted octanol–water partition coefficient (Wildman–Crippen LogP) is 6.55. The van der Waals surface area contributed by atoms with Crippen LogP contribution in [-0.2, 0) is 24.1 Å². The minimum atomic E-state index is -4.46. The van der Waals surface area contributed by atoms with Gasteiger partial charge in [-0.1, -0.05) is 30.3 Å². The average Bonchev–Trinajstić information content (AvgIpc) is 3.21. The Kier molecular flexibility index (Phi) is 8.56. The Morgan fingerprint density at radius 3 is 2.17 bits per heavy atom. The van der Waals surface area contributed by atoms with E-state index in [4.69, 9.17) is 0 Å². The van der Waals surface area contributed by atoms with Gasteiger partial charge in [0.2, 0.25) is 5.91 Å². The first-order chi connectivity index (χ1) is 16.5. The summed E-state index contributed by atoms with van der Waals surface area (Å²) in [5.41, 5.74) is 1.49. The molecule has 1 heterocycles. The molecule has 0 aliphatic carbocycles. The number of carbonyl (C=O) groups is 2. The van der Waals surface area contributed by atoms with Crippen molar-refractivity contribution < 1.29 is 22.8 Å². The van der Waals surface area contributed by atoms with Crippen LogP contribution in [0.4, 0.5) is 23.7 Å². The van der Waals surface area contributed by atoms with Gasteiger partial charge in [-0.2, -0.15) is 13.2 Å². The standard InChI is InChI=1S/C26H28F3N3O2S/c1-18(2)32(25(34)30-22-11-9-21(10-12-22)26(27,28)29)17-24(33)31(15-20-7-5-4-6-8-20)16-23-19(3)13-14-35-23/h4-14,18H,15-17H2,1-3H3,(H,30,34). The van der Waals surface area contributed by atoms with E-state index in [2.05, 4.69) is 5.32 Å². The second kappa shape index (κ2) is 11.4. The Labute approximate surface area is 207 Å². The number of hydrogen-bond acceptors (Lipinski definition) is 3. The lowest BCUT2D eigenvalue weighted by Crippen LogP contribution is -2.47. The van der Waals surface area contributed by atoms with Crippen LogP contribution in [-0.4, -0.2) is 34.3 Å². The summed E-state index contributed by atoms with van der Waals surface area (Å²) in [6, 6.07) is 15.0. The summed E-state index contributed by atoms with van der Waals surface area (Å²) < 4.78 is 38.4. The van der Waals surface area contributed by atoms with Crippen molar-refractivity contribution in [3.63, 3.8) is 0 Å². The van der Waals surface area contributed by atoms with Crippen molar-refractivity contribution in [1.29, 1.82) is 0 Å². The molecule has 35 heavy (non-hydrogen) atoms. The molecule has 0 spiro atoms. The van der Waals surface area contributed by atoms with Crippen LogP contribution in [0, 0.1) is 6.92 Å². The Morgan fingerprint density at radius 2 is 1.63 bits per heavy atom. The SMILES string of the molecule is Cc1ccsc1CN(Cc1ccccc1)C(=O)CN(C(=O)Nc1ccc(C(F)(F)F)cc1)C(C)C. The van der Waals surface area contributed by atoms with Gasteiger partial charge in [-0.05, 0) is 67.6 Å². The molecule has 1 N–H and O–H groups in total. The first-order valence-electron chi connectivity index (χ1n) is 11.1. The fraction of sp³-hybridized carbons (Fsp3) is 0.308. The molecule has 0 radical (unpaired) electrons. The predicted molar refractivity (Wildman–Crippen MR) is 132 cm³/mol. The number of alkyl halides is 3. The highest BCUT2D eigenvalue weighted by molar-refractivity contribution is 7.10. The van der Waals surface area contributed by atoms with E-state index in [-0.39, 0.29) is 24.2 Å². The van der Waals surface area contributed by atoms with Crippen molar-refractivity contribution in [3.8, 4) is 0 Å². The molecule has 0 saturated carbocycles. The van der Waals surface area contributed by atoms with Crippen LogP contribution in [0.5, 0.6) is 0 Å². The van der Waals surface area contributed by atoms with E-state index in [0.29, 0.717) is 13.1 Å². The van der Waals surface area contributed by atoms with E-state index in [1.165, 1.54) is 17.0 Å². The summed E-state index contributed by atoms with van der Waals surface area (Å²) in [4.78, 5) is 30.5. The maximum Gasteiger partial charge on any atom is 0.416 e. The molecule has 0 atom stereocenters. The Hall–Kier alpha value is -3.33. The van der Waals surface area contributed by atoms with Gasteiger partial charge < -0.3 is 15.1 Å². The van der Waals surface area contributed by atoms with Crippen molar-refractivity contribution in [3.05, 3.63) is 87.6 Å². The number of thiophene rings is 1. The van der Waals surface area contributed by atoms with E-state index in [0.717, 1.165) is 28.1 Å². The fourth-order valence-corrected chi connectivity index (χ4v) is 4.37. The summed E-state index contributed by atoms with van der Waals surface area (Å²) in [5, 5.41) is 4.58. The highest BCUT2D eigenvalue weighted by atomic mass is 32.1. The summed E-state index contributed by atoms with van der Waals surface area (Å²) >= 11 is 1.58. The Balaban J connectivity index is 1.74. The van der Waals surface area contributed by atoms with Gasteiger partial charge >= 0.3 is 12.2 Å². The maximum absolute atomic E-state index is 13.4. The van der Waals surface area contributed by atoms with Gasteiger partial charge in [0.15, 0.2) is 0 Å². The van der Waals surface area contributed by atoms with Crippen LogP contribution in [0.25, 0.3) is 0 Å². The highest BCUT2D eigenvalue weighted by Crippen LogP contribution is 2.30. The number of amides is 3. The quantitative estimate of drug-likeness (QED) is 0.379. The smallest absolute Gasteiger partial charge is 0.332 e. The van der Waals surface area contributed by atoms with Crippen molar-refractivity contribution in [2.75, 3.05) is 11.9 Å². The van der Waals surface area contributed by atoms with Crippen LogP contribution in [0.2, 0.25) is 0 Å². The van der Waals surface area contributed by atoms with E-state index in [1.54, 1.807) is 30.1 Å². The molecular formula is C26H28F3N3O2S. The number of rotatable bonds is 8. The lowest BCUT2D eigenvalue weighted by Gasteiger charge is -2.30. The Morgan fingerprint density at radius 1 is 0.971 bits per heavy atom. The maximum atomic E-state index is 13.4. The highest BCUT2D eigenvalue weighted by Gasteiger charge is 2.30. The van der Waals surface area contributed by atoms with Gasteiger partial charge in [0, 0.05) is 23.2 Å². The number of benzene rings is 2. The van der Waals surface area contributed by atoms with Crippen LogP contribution in [0.1, 0.15) is 35.4 Å². The first-order valence-corrected chi connectivity index (χ1v) is 12.0. The monoisotopic (exact) mass is 503 g/mol. The third kappa shape index (κ3) is 7.32. The average molecular weight is 504 g/mol. The molecule has 1 aromatic heterocycles. The molecule has 9 heteroatoms. The van der Waals surface area contributed by atoms with Gasteiger partial charge in [-0.15, -0.1) is 11.3 Å². The van der Waals surface area contributed by atoms with Gasteiger partial charge in [-0.25, -0.2) is 4.79 Å². The van der Waals surface area contributed by atoms with Crippen LogP contribution < -0.4 is 5.32 Å². The third-order valence-corrected chi connectivity index (χ3v) is 6.53. The molecule has 186 valence electrons. The zero-order chi connectivity index (χ0) is 25.6. The van der Waals surface area contributed by atoms with Crippen LogP contribution >= 0.6 is 11.3 Å². The second-order valence-electron chi connectivity index (χ2n) is 8.49. The number of halogens is 3. The topological polar surface area (TPSA) is 52.7 Å². The lowest BCUT2D eigenvalue weighted by molar-refractivity contribution is -0.137. The molecule has 0 aliphatic heterocycles. The van der Waals surface area contributed by atoms with Gasteiger partial charge in [-0.3, -0.25) is 4.79 Å². The van der Waals surface area contributed by atoms with Gasteiger partial charge in [0.1, 0.15) is 6.54 Å². The number of urea groups is 1. The Bertz CT molecular complexity index is 1130. The molecule has 0 bridgehead atoms. The zero-order valence-corrected chi connectivity index (χ0v) is 20.6. The molecule has 5 nitrogen and oxygen atoms in total.